The van der Waals surface area contributed by atoms with Gasteiger partial charge in [0, 0.05) is 43.9 Å². The molecule has 0 bridgehead atoms. The molecule has 164 valence electrons. The summed E-state index contributed by atoms with van der Waals surface area (Å²) < 4.78 is 40.7. The zero-order valence-corrected chi connectivity index (χ0v) is 18.5. The van der Waals surface area contributed by atoms with Gasteiger partial charge in [0.05, 0.1) is 27.6 Å². The van der Waals surface area contributed by atoms with Gasteiger partial charge in [0.25, 0.3) is 0 Å². The first kappa shape index (κ1) is 23.2. The maximum Gasteiger partial charge on any atom is 0.225 e. The molecule has 1 aromatic rings. The number of sulfonamides is 1. The van der Waals surface area contributed by atoms with Crippen molar-refractivity contribution in [2.24, 2.45) is 0 Å². The minimum absolute atomic E-state index is 0.0225. The number of benzene rings is 1. The number of carbonyl (C=O) groups is 1. The summed E-state index contributed by atoms with van der Waals surface area (Å²) in [5.41, 5.74) is 0.568. The number of hydrogen-bond acceptors (Lipinski definition) is 7. The monoisotopic (exact) mass is 429 g/mol. The highest BCUT2D eigenvalue weighted by molar-refractivity contribution is 7.88. The second kappa shape index (κ2) is 10.1. The molecule has 1 aliphatic heterocycles. The summed E-state index contributed by atoms with van der Waals surface area (Å²) in [6, 6.07) is 3.40. The highest BCUT2D eigenvalue weighted by atomic mass is 32.2. The van der Waals surface area contributed by atoms with Crippen LogP contribution in [0.15, 0.2) is 12.1 Å². The van der Waals surface area contributed by atoms with Gasteiger partial charge in [-0.3, -0.25) is 4.79 Å². The van der Waals surface area contributed by atoms with E-state index in [0.29, 0.717) is 35.9 Å². The van der Waals surface area contributed by atoms with E-state index >= 15 is 0 Å². The summed E-state index contributed by atoms with van der Waals surface area (Å²) >= 11 is 0. The molecule has 0 aliphatic carbocycles. The van der Waals surface area contributed by atoms with E-state index in [4.69, 9.17) is 14.2 Å². The molecule has 1 N–H and O–H groups in total. The van der Waals surface area contributed by atoms with Gasteiger partial charge < -0.3 is 24.4 Å². The number of likely N-dealkylation sites (tertiary alicyclic amines) is 1. The van der Waals surface area contributed by atoms with Gasteiger partial charge in [-0.25, -0.2) is 12.7 Å². The molecule has 0 radical (unpaired) electrons. The number of carbonyl (C=O) groups excluding carboxylic acids is 1. The Hall–Kier alpha value is -2.04. The van der Waals surface area contributed by atoms with Crippen LogP contribution < -0.4 is 19.5 Å². The summed E-state index contributed by atoms with van der Waals surface area (Å²) in [6.45, 7) is 2.15. The van der Waals surface area contributed by atoms with E-state index in [-0.39, 0.29) is 11.9 Å². The van der Waals surface area contributed by atoms with E-state index in [1.807, 2.05) is 0 Å². The molecule has 0 atom stereocenters. The number of nitrogens with one attached hydrogen (secondary N) is 1. The van der Waals surface area contributed by atoms with Gasteiger partial charge in [-0.05, 0) is 25.9 Å². The minimum atomic E-state index is -3.18. The first-order valence-electron chi connectivity index (χ1n) is 9.44. The van der Waals surface area contributed by atoms with Crippen LogP contribution in [0, 0.1) is 0 Å². The SMILES string of the molecule is COc1cc(NC(=O)CCN2CCC(N(C)S(C)(=O)=O)CC2)cc(OC)c1OC. The third-order valence-corrected chi connectivity index (χ3v) is 6.54. The maximum atomic E-state index is 12.4. The van der Waals surface area contributed by atoms with Gasteiger partial charge in [0.2, 0.25) is 21.7 Å². The predicted octanol–water partition coefficient (Wildman–Crippen LogP) is 1.40. The van der Waals surface area contributed by atoms with Crippen LogP contribution in [0.4, 0.5) is 5.69 Å². The quantitative estimate of drug-likeness (QED) is 0.634. The Bertz CT molecular complexity index is 781. The number of piperidine rings is 1. The van der Waals surface area contributed by atoms with Crippen molar-refractivity contribution < 1.29 is 27.4 Å². The van der Waals surface area contributed by atoms with Crippen LogP contribution in [0.25, 0.3) is 0 Å². The van der Waals surface area contributed by atoms with E-state index in [0.717, 1.165) is 25.9 Å². The number of ether oxygens (including phenoxy) is 3. The second-order valence-corrected chi connectivity index (χ2v) is 9.11. The number of rotatable bonds is 9. The third kappa shape index (κ3) is 6.22. The van der Waals surface area contributed by atoms with Crippen molar-refractivity contribution in [3.05, 3.63) is 12.1 Å². The highest BCUT2D eigenvalue weighted by Crippen LogP contribution is 2.39. The van der Waals surface area contributed by atoms with Crippen molar-refractivity contribution >= 4 is 21.6 Å². The normalized spacial score (nSPS) is 15.9. The van der Waals surface area contributed by atoms with Crippen LogP contribution in [0.1, 0.15) is 19.3 Å². The van der Waals surface area contributed by atoms with E-state index in [1.165, 1.54) is 31.9 Å². The molecule has 0 aromatic heterocycles. The van der Waals surface area contributed by atoms with Crippen LogP contribution in [-0.4, -0.2) is 83.8 Å². The van der Waals surface area contributed by atoms with Gasteiger partial charge >= 0.3 is 0 Å². The molecule has 9 nitrogen and oxygen atoms in total. The van der Waals surface area contributed by atoms with Crippen LogP contribution in [0.3, 0.4) is 0 Å². The van der Waals surface area contributed by atoms with Crippen molar-refractivity contribution in [3.63, 3.8) is 0 Å². The molecule has 1 saturated heterocycles. The predicted molar refractivity (Wildman–Crippen MR) is 111 cm³/mol. The van der Waals surface area contributed by atoms with Crippen LogP contribution in [0.5, 0.6) is 17.2 Å². The molecule has 0 saturated carbocycles. The van der Waals surface area contributed by atoms with Gasteiger partial charge in [-0.2, -0.15) is 0 Å². The summed E-state index contributed by atoms with van der Waals surface area (Å²) in [5, 5.41) is 2.86. The molecule has 1 aromatic carbocycles. The summed E-state index contributed by atoms with van der Waals surface area (Å²) in [5.74, 6) is 1.29. The molecule has 1 heterocycles. The topological polar surface area (TPSA) is 97.4 Å². The third-order valence-electron chi connectivity index (χ3n) is 5.20. The zero-order valence-electron chi connectivity index (χ0n) is 17.7. The fourth-order valence-electron chi connectivity index (χ4n) is 3.41. The minimum Gasteiger partial charge on any atom is -0.493 e. The van der Waals surface area contributed by atoms with Crippen molar-refractivity contribution in [3.8, 4) is 17.2 Å². The molecule has 29 heavy (non-hydrogen) atoms. The molecule has 2 rings (SSSR count). The fraction of sp³-hybridized carbons (Fsp3) is 0.632. The summed E-state index contributed by atoms with van der Waals surface area (Å²) in [6.07, 6.45) is 3.09. The van der Waals surface area contributed by atoms with Gasteiger partial charge in [-0.15, -0.1) is 0 Å². The highest BCUT2D eigenvalue weighted by Gasteiger charge is 2.27. The van der Waals surface area contributed by atoms with Crippen molar-refractivity contribution in [2.45, 2.75) is 25.3 Å². The summed E-state index contributed by atoms with van der Waals surface area (Å²) in [7, 11) is 3.02. The van der Waals surface area contributed by atoms with E-state index < -0.39 is 10.0 Å². The molecule has 1 fully saturated rings. The lowest BCUT2D eigenvalue weighted by Gasteiger charge is -2.35. The van der Waals surface area contributed by atoms with Gasteiger partial charge in [0.15, 0.2) is 11.5 Å². The maximum absolute atomic E-state index is 12.4. The number of hydrogen-bond donors (Lipinski definition) is 1. The van der Waals surface area contributed by atoms with Crippen LogP contribution in [0.2, 0.25) is 0 Å². The lowest BCUT2D eigenvalue weighted by atomic mass is 10.1. The van der Waals surface area contributed by atoms with Gasteiger partial charge in [0.1, 0.15) is 0 Å². The standard InChI is InChI=1S/C19H31N3O6S/c1-21(29(5,24)25)15-6-9-22(10-7-15)11-8-18(23)20-14-12-16(26-2)19(28-4)17(13-14)27-3/h12-13,15H,6-11H2,1-5H3,(H,20,23). The first-order chi connectivity index (χ1) is 13.7. The number of nitrogens with zero attached hydrogens (tertiary/aromatic N) is 2. The Kier molecular flexibility index (Phi) is 8.12. The number of methoxy groups -OCH3 is 3. The Balaban J connectivity index is 1.87. The number of amides is 1. The molecule has 10 heteroatoms. The van der Waals surface area contributed by atoms with Crippen molar-refractivity contribution in [1.82, 2.24) is 9.21 Å². The van der Waals surface area contributed by atoms with E-state index in [1.54, 1.807) is 19.2 Å². The van der Waals surface area contributed by atoms with E-state index in [9.17, 15) is 13.2 Å². The zero-order chi connectivity index (χ0) is 21.6. The van der Waals surface area contributed by atoms with Crippen LogP contribution >= 0.6 is 0 Å². The van der Waals surface area contributed by atoms with Crippen molar-refractivity contribution in [1.29, 1.82) is 0 Å². The first-order valence-corrected chi connectivity index (χ1v) is 11.3. The van der Waals surface area contributed by atoms with Crippen LogP contribution in [-0.2, 0) is 14.8 Å². The average Bonchev–Trinajstić information content (AvgIpc) is 2.70. The molecule has 1 amide bonds. The Morgan fingerprint density at radius 1 is 1.14 bits per heavy atom. The van der Waals surface area contributed by atoms with E-state index in [2.05, 4.69) is 10.2 Å². The smallest absolute Gasteiger partial charge is 0.225 e. The fourth-order valence-corrected chi connectivity index (χ4v) is 4.17. The van der Waals surface area contributed by atoms with Gasteiger partial charge in [-0.1, -0.05) is 0 Å². The lowest BCUT2D eigenvalue weighted by Crippen LogP contribution is -2.45. The largest absolute Gasteiger partial charge is 0.493 e. The average molecular weight is 430 g/mol. The molecule has 1 aliphatic rings. The molecule has 0 spiro atoms. The summed E-state index contributed by atoms with van der Waals surface area (Å²) in [4.78, 5) is 14.6. The number of anilines is 1. The lowest BCUT2D eigenvalue weighted by molar-refractivity contribution is -0.116. The van der Waals surface area contributed by atoms with Crippen molar-refractivity contribution in [2.75, 3.05) is 59.6 Å². The Morgan fingerprint density at radius 2 is 1.69 bits per heavy atom. The Labute approximate surface area is 173 Å². The second-order valence-electron chi connectivity index (χ2n) is 7.06. The molecule has 0 unspecified atom stereocenters. The Morgan fingerprint density at radius 3 is 2.14 bits per heavy atom. The molecular weight excluding hydrogens is 398 g/mol. The molecular formula is C19H31N3O6S.